The third-order valence-corrected chi connectivity index (χ3v) is 6.06. The summed E-state index contributed by atoms with van der Waals surface area (Å²) in [5.74, 6) is 0.517. The van der Waals surface area contributed by atoms with Crippen molar-refractivity contribution in [3.63, 3.8) is 0 Å². The molecule has 29 heavy (non-hydrogen) atoms. The number of carbonyl (C=O) groups is 1. The molecule has 3 aromatic rings. The maximum atomic E-state index is 13.4. The van der Waals surface area contributed by atoms with Gasteiger partial charge in [0.25, 0.3) is 5.91 Å². The highest BCUT2D eigenvalue weighted by Crippen LogP contribution is 2.39. The van der Waals surface area contributed by atoms with Gasteiger partial charge in [-0.15, -0.1) is 4.99 Å². The number of amides is 1. The second-order valence-corrected chi connectivity index (χ2v) is 7.70. The van der Waals surface area contributed by atoms with Crippen molar-refractivity contribution in [2.24, 2.45) is 4.99 Å². The van der Waals surface area contributed by atoms with Gasteiger partial charge in [0.05, 0.1) is 6.04 Å². The molecule has 4 nitrogen and oxygen atoms in total. The van der Waals surface area contributed by atoms with Gasteiger partial charge in [-0.05, 0) is 23.3 Å². The molecular weight excluding hydrogens is 378 g/mol. The number of nitriles is 1. The fourth-order valence-corrected chi connectivity index (χ4v) is 4.86. The van der Waals surface area contributed by atoms with Gasteiger partial charge in [0, 0.05) is 17.2 Å². The van der Waals surface area contributed by atoms with Crippen molar-refractivity contribution in [3.05, 3.63) is 108 Å². The minimum Gasteiger partial charge on any atom is -0.282 e. The average Bonchev–Trinajstić information content (AvgIpc) is 3.19. The lowest BCUT2D eigenvalue weighted by atomic mass is 9.85. The average molecular weight is 398 g/mol. The van der Waals surface area contributed by atoms with Crippen LogP contribution < -0.4 is 0 Å². The molecule has 0 bridgehead atoms. The van der Waals surface area contributed by atoms with Crippen LogP contribution in [0.3, 0.4) is 0 Å². The Kier molecular flexibility index (Phi) is 5.73. The van der Waals surface area contributed by atoms with E-state index in [4.69, 9.17) is 5.26 Å². The van der Waals surface area contributed by atoms with E-state index >= 15 is 0 Å². The number of amidine groups is 1. The summed E-state index contributed by atoms with van der Waals surface area (Å²) in [6, 6.07) is 29.4. The monoisotopic (exact) mass is 397 g/mol. The molecule has 1 aliphatic heterocycles. The summed E-state index contributed by atoms with van der Waals surface area (Å²) in [4.78, 5) is 19.1. The molecule has 4 rings (SSSR count). The Morgan fingerprint density at radius 3 is 1.97 bits per heavy atom. The Bertz CT molecular complexity index is 1010. The smallest absolute Gasteiger partial charge is 0.260 e. The van der Waals surface area contributed by atoms with Gasteiger partial charge in [-0.2, -0.15) is 5.26 Å². The van der Waals surface area contributed by atoms with Gasteiger partial charge in [-0.1, -0.05) is 90.6 Å². The van der Waals surface area contributed by atoms with Gasteiger partial charge in [0.15, 0.2) is 5.17 Å². The standard InChI is InChI=1S/C24H19N3OS/c25-17-26-24-27(23(28)20-14-8-3-9-15-20)21(16-29-24)22(18-10-4-1-5-11-18)19-12-6-2-7-13-19/h1-15,21-22H,16H2/t21-/m0/s1. The Labute approximate surface area is 174 Å². The zero-order valence-electron chi connectivity index (χ0n) is 15.7. The number of rotatable bonds is 4. The molecule has 0 N–H and O–H groups in total. The second-order valence-electron chi connectivity index (χ2n) is 6.71. The second kappa shape index (κ2) is 8.76. The highest BCUT2D eigenvalue weighted by atomic mass is 32.2. The van der Waals surface area contributed by atoms with Crippen LogP contribution in [0.5, 0.6) is 0 Å². The predicted molar refractivity (Wildman–Crippen MR) is 117 cm³/mol. The number of nitrogens with zero attached hydrogens (tertiary/aromatic N) is 3. The molecule has 0 aliphatic carbocycles. The topological polar surface area (TPSA) is 56.5 Å². The Morgan fingerprint density at radius 1 is 0.931 bits per heavy atom. The van der Waals surface area contributed by atoms with Crippen LogP contribution in [-0.4, -0.2) is 27.8 Å². The SMILES string of the molecule is N#CN=C1SC[C@@H](C(c2ccccc2)c2ccccc2)N1C(=O)c1ccccc1. The molecule has 1 atom stereocenters. The number of hydrogen-bond acceptors (Lipinski definition) is 4. The van der Waals surface area contributed by atoms with E-state index in [0.29, 0.717) is 16.5 Å². The van der Waals surface area contributed by atoms with Crippen molar-refractivity contribution in [2.75, 3.05) is 5.75 Å². The predicted octanol–water partition coefficient (Wildman–Crippen LogP) is 4.91. The summed E-state index contributed by atoms with van der Waals surface area (Å²) in [5, 5.41) is 9.63. The Morgan fingerprint density at radius 2 is 1.45 bits per heavy atom. The number of hydrogen-bond donors (Lipinski definition) is 0. The van der Waals surface area contributed by atoms with E-state index in [0.717, 1.165) is 11.1 Å². The summed E-state index contributed by atoms with van der Waals surface area (Å²) in [6.07, 6.45) is 1.86. The molecule has 1 heterocycles. The van der Waals surface area contributed by atoms with Gasteiger partial charge >= 0.3 is 0 Å². The van der Waals surface area contributed by atoms with Crippen LogP contribution in [0, 0.1) is 11.5 Å². The normalized spacial score (nSPS) is 17.4. The van der Waals surface area contributed by atoms with Crippen LogP contribution in [0.4, 0.5) is 0 Å². The molecule has 5 heteroatoms. The molecule has 0 spiro atoms. The van der Waals surface area contributed by atoms with Crippen LogP contribution >= 0.6 is 11.8 Å². The first kappa shape index (κ1) is 19.0. The quantitative estimate of drug-likeness (QED) is 0.588. The number of benzene rings is 3. The van der Waals surface area contributed by atoms with E-state index in [-0.39, 0.29) is 17.9 Å². The van der Waals surface area contributed by atoms with Crippen molar-refractivity contribution < 1.29 is 4.79 Å². The first-order valence-corrected chi connectivity index (χ1v) is 10.4. The van der Waals surface area contributed by atoms with Crippen molar-refractivity contribution in [1.82, 2.24) is 4.90 Å². The fraction of sp³-hybridized carbons (Fsp3) is 0.125. The molecule has 1 fully saturated rings. The van der Waals surface area contributed by atoms with Gasteiger partial charge in [-0.3, -0.25) is 9.69 Å². The van der Waals surface area contributed by atoms with E-state index in [2.05, 4.69) is 29.3 Å². The Balaban J connectivity index is 1.81. The molecule has 0 aromatic heterocycles. The van der Waals surface area contributed by atoms with Gasteiger partial charge < -0.3 is 0 Å². The molecule has 0 unspecified atom stereocenters. The molecule has 3 aromatic carbocycles. The van der Waals surface area contributed by atoms with E-state index in [1.165, 1.54) is 11.8 Å². The molecular formula is C24H19N3OS. The number of aliphatic imine (C=N–C) groups is 1. The van der Waals surface area contributed by atoms with Crippen LogP contribution in [0.25, 0.3) is 0 Å². The number of thioether (sulfide) groups is 1. The molecule has 1 aliphatic rings. The molecule has 1 saturated heterocycles. The molecule has 142 valence electrons. The van der Waals surface area contributed by atoms with E-state index < -0.39 is 0 Å². The van der Waals surface area contributed by atoms with Crippen LogP contribution in [0.15, 0.2) is 96.0 Å². The molecule has 0 saturated carbocycles. The zero-order valence-corrected chi connectivity index (χ0v) is 16.5. The number of carbonyl (C=O) groups excluding carboxylic acids is 1. The minimum absolute atomic E-state index is 0.0241. The maximum Gasteiger partial charge on any atom is 0.260 e. The summed E-state index contributed by atoms with van der Waals surface area (Å²) in [6.45, 7) is 0. The lowest BCUT2D eigenvalue weighted by Gasteiger charge is -2.31. The maximum absolute atomic E-state index is 13.4. The minimum atomic E-state index is -0.149. The van der Waals surface area contributed by atoms with Crippen LogP contribution in [0.2, 0.25) is 0 Å². The summed E-state index contributed by atoms with van der Waals surface area (Å²) in [7, 11) is 0. The Hall–Kier alpha value is -3.36. The first-order chi connectivity index (χ1) is 14.3. The third kappa shape index (κ3) is 3.94. The summed E-state index contributed by atoms with van der Waals surface area (Å²) >= 11 is 1.46. The van der Waals surface area contributed by atoms with E-state index in [1.807, 2.05) is 60.8 Å². The van der Waals surface area contributed by atoms with Crippen LogP contribution in [0.1, 0.15) is 27.4 Å². The first-order valence-electron chi connectivity index (χ1n) is 9.37. The fourth-order valence-electron chi connectivity index (χ4n) is 3.73. The summed E-state index contributed by atoms with van der Waals surface area (Å²) in [5.41, 5.74) is 2.85. The lowest BCUT2D eigenvalue weighted by molar-refractivity contribution is 0.0813. The van der Waals surface area contributed by atoms with Crippen molar-refractivity contribution in [2.45, 2.75) is 12.0 Å². The van der Waals surface area contributed by atoms with Gasteiger partial charge in [0.1, 0.15) is 0 Å². The summed E-state index contributed by atoms with van der Waals surface area (Å²) < 4.78 is 0. The highest BCUT2D eigenvalue weighted by Gasteiger charge is 2.41. The van der Waals surface area contributed by atoms with E-state index in [1.54, 1.807) is 17.0 Å². The van der Waals surface area contributed by atoms with Crippen molar-refractivity contribution in [1.29, 1.82) is 5.26 Å². The largest absolute Gasteiger partial charge is 0.282 e. The van der Waals surface area contributed by atoms with Gasteiger partial charge in [0.2, 0.25) is 6.19 Å². The zero-order chi connectivity index (χ0) is 20.1. The molecule has 1 amide bonds. The van der Waals surface area contributed by atoms with Crippen molar-refractivity contribution >= 4 is 22.8 Å². The third-order valence-electron chi connectivity index (χ3n) is 5.01. The van der Waals surface area contributed by atoms with Crippen molar-refractivity contribution in [3.8, 4) is 6.19 Å². The highest BCUT2D eigenvalue weighted by molar-refractivity contribution is 8.14. The van der Waals surface area contributed by atoms with E-state index in [9.17, 15) is 4.79 Å². The van der Waals surface area contributed by atoms with Crippen LogP contribution in [-0.2, 0) is 0 Å². The molecule has 0 radical (unpaired) electrons. The lowest BCUT2D eigenvalue weighted by Crippen LogP contribution is -2.43. The van der Waals surface area contributed by atoms with Gasteiger partial charge in [-0.25, -0.2) is 0 Å².